The van der Waals surface area contributed by atoms with Gasteiger partial charge in [-0.15, -0.1) is 11.3 Å². The van der Waals surface area contributed by atoms with E-state index in [-0.39, 0.29) is 0 Å². The van der Waals surface area contributed by atoms with Crippen LogP contribution in [0.1, 0.15) is 20.9 Å². The van der Waals surface area contributed by atoms with Gasteiger partial charge in [0.2, 0.25) is 0 Å². The van der Waals surface area contributed by atoms with Crippen molar-refractivity contribution in [1.82, 2.24) is 0 Å². The summed E-state index contributed by atoms with van der Waals surface area (Å²) in [6, 6.07) is 20.8. The topological polar surface area (TPSA) is 17.1 Å². The van der Waals surface area contributed by atoms with Crippen molar-refractivity contribution in [3.8, 4) is 11.1 Å². The molecule has 1 nitrogen and oxygen atoms in total. The number of thiophene rings is 1. The van der Waals surface area contributed by atoms with E-state index in [0.717, 1.165) is 22.4 Å². The van der Waals surface area contributed by atoms with Gasteiger partial charge in [0.15, 0.2) is 0 Å². The Morgan fingerprint density at radius 3 is 2.07 bits per heavy atom. The predicted octanol–water partition coefficient (Wildman–Crippen LogP) is 7.42. The molecule has 0 aliphatic carbocycles. The second kappa shape index (κ2) is 6.19. The van der Waals surface area contributed by atoms with Crippen molar-refractivity contribution in [2.24, 2.45) is 5.92 Å². The SMILES string of the molecule is Cc1sc(C2=CC3C=C(c4ccccc4)P2(=O)C3)c(-c2ccccc2)c1C. The monoisotopic (exact) mass is 388 g/mol. The van der Waals surface area contributed by atoms with Crippen LogP contribution in [0, 0.1) is 19.8 Å². The second-order valence-electron chi connectivity index (χ2n) is 7.41. The average molecular weight is 388 g/mol. The number of benzene rings is 2. The smallest absolute Gasteiger partial charge is 0.145 e. The molecule has 2 aromatic carbocycles. The summed E-state index contributed by atoms with van der Waals surface area (Å²) >= 11 is 1.80. The number of allylic oxidation sites excluding steroid dienone is 2. The van der Waals surface area contributed by atoms with Crippen LogP contribution in [0.25, 0.3) is 21.8 Å². The Morgan fingerprint density at radius 1 is 0.852 bits per heavy atom. The lowest BCUT2D eigenvalue weighted by Crippen LogP contribution is -1.91. The van der Waals surface area contributed by atoms with Crippen molar-refractivity contribution in [3.63, 3.8) is 0 Å². The molecule has 0 radical (unpaired) electrons. The Hall–Kier alpha value is -2.15. The lowest BCUT2D eigenvalue weighted by molar-refractivity contribution is 0.589. The molecule has 27 heavy (non-hydrogen) atoms. The summed E-state index contributed by atoms with van der Waals surface area (Å²) in [5.74, 6) is 0.298. The highest BCUT2D eigenvalue weighted by Crippen LogP contribution is 2.77. The zero-order chi connectivity index (χ0) is 18.6. The summed E-state index contributed by atoms with van der Waals surface area (Å²) < 4.78 is 14.3. The van der Waals surface area contributed by atoms with E-state index >= 15 is 0 Å². The molecule has 2 aliphatic heterocycles. The van der Waals surface area contributed by atoms with Crippen LogP contribution >= 0.6 is 18.5 Å². The summed E-state index contributed by atoms with van der Waals surface area (Å²) in [7, 11) is -2.56. The van der Waals surface area contributed by atoms with Gasteiger partial charge in [-0.1, -0.05) is 72.8 Å². The van der Waals surface area contributed by atoms with E-state index in [4.69, 9.17) is 0 Å². The highest BCUT2D eigenvalue weighted by molar-refractivity contribution is 7.84. The molecule has 3 aromatic rings. The number of hydrogen-bond donors (Lipinski definition) is 0. The largest absolute Gasteiger partial charge is 0.314 e. The molecule has 1 aromatic heterocycles. The molecule has 0 N–H and O–H groups in total. The number of fused-ring (bicyclic) bond motifs is 2. The third kappa shape index (κ3) is 2.55. The van der Waals surface area contributed by atoms with Crippen molar-refractivity contribution in [2.75, 3.05) is 6.16 Å². The molecule has 5 rings (SSSR count). The molecule has 134 valence electrons. The first-order valence-electron chi connectivity index (χ1n) is 9.33. The van der Waals surface area contributed by atoms with Crippen molar-refractivity contribution in [2.45, 2.75) is 13.8 Å². The van der Waals surface area contributed by atoms with E-state index in [2.05, 4.69) is 62.4 Å². The molecule has 2 bridgehead atoms. The quantitative estimate of drug-likeness (QED) is 0.427. The standard InChI is InChI=1S/C24H21OPS/c1-16-17(2)27-24(23(16)20-11-7-4-8-12-20)22-14-18-13-21(26(22,25)15-18)19-9-5-3-6-10-19/h3-14,18H,15H2,1-2H3. The fourth-order valence-electron chi connectivity index (χ4n) is 4.34. The molecule has 0 saturated carbocycles. The van der Waals surface area contributed by atoms with Crippen molar-refractivity contribution >= 4 is 29.1 Å². The van der Waals surface area contributed by atoms with E-state index in [9.17, 15) is 4.57 Å². The van der Waals surface area contributed by atoms with E-state index in [1.165, 1.54) is 26.4 Å². The zero-order valence-corrected chi connectivity index (χ0v) is 17.2. The maximum absolute atomic E-state index is 14.3. The van der Waals surface area contributed by atoms with Crippen LogP contribution in [0.2, 0.25) is 0 Å². The van der Waals surface area contributed by atoms with Gasteiger partial charge in [0.25, 0.3) is 0 Å². The molecular formula is C24H21OPS. The van der Waals surface area contributed by atoms with Gasteiger partial charge in [-0.25, -0.2) is 0 Å². The summed E-state index contributed by atoms with van der Waals surface area (Å²) in [6.45, 7) is 4.36. The summed E-state index contributed by atoms with van der Waals surface area (Å²) in [5, 5.41) is 2.15. The van der Waals surface area contributed by atoms with Gasteiger partial charge in [-0.05, 0) is 30.5 Å². The minimum absolute atomic E-state index is 0.298. The Balaban J connectivity index is 1.67. The van der Waals surface area contributed by atoms with Gasteiger partial charge < -0.3 is 4.57 Å². The predicted molar refractivity (Wildman–Crippen MR) is 118 cm³/mol. The molecule has 2 atom stereocenters. The van der Waals surface area contributed by atoms with Gasteiger partial charge in [0.1, 0.15) is 7.14 Å². The number of hydrogen-bond acceptors (Lipinski definition) is 2. The minimum atomic E-state index is -2.56. The van der Waals surface area contributed by atoms with E-state index < -0.39 is 7.14 Å². The van der Waals surface area contributed by atoms with Crippen LogP contribution < -0.4 is 0 Å². The molecule has 0 fully saturated rings. The Bertz CT molecular complexity index is 1140. The van der Waals surface area contributed by atoms with Crippen LogP contribution in [0.3, 0.4) is 0 Å². The summed E-state index contributed by atoms with van der Waals surface area (Å²) in [4.78, 5) is 2.52. The normalized spacial score (nSPS) is 23.4. The first kappa shape index (κ1) is 17.0. The minimum Gasteiger partial charge on any atom is -0.314 e. The lowest BCUT2D eigenvalue weighted by Gasteiger charge is -2.19. The van der Waals surface area contributed by atoms with Crippen LogP contribution in [0.5, 0.6) is 0 Å². The maximum atomic E-state index is 14.3. The first-order valence-corrected chi connectivity index (χ1v) is 12.0. The van der Waals surface area contributed by atoms with E-state index in [0.29, 0.717) is 5.92 Å². The molecule has 0 spiro atoms. The van der Waals surface area contributed by atoms with Crippen molar-refractivity contribution in [1.29, 1.82) is 0 Å². The Kier molecular flexibility index (Phi) is 3.89. The third-order valence-electron chi connectivity index (χ3n) is 5.74. The summed E-state index contributed by atoms with van der Waals surface area (Å²) in [6.07, 6.45) is 5.26. The van der Waals surface area contributed by atoms with E-state index in [1.807, 2.05) is 24.3 Å². The van der Waals surface area contributed by atoms with Crippen molar-refractivity contribution in [3.05, 3.63) is 93.7 Å². The van der Waals surface area contributed by atoms with Gasteiger partial charge in [0, 0.05) is 38.0 Å². The van der Waals surface area contributed by atoms with Gasteiger partial charge in [0.05, 0.1) is 0 Å². The van der Waals surface area contributed by atoms with Gasteiger partial charge in [-0.3, -0.25) is 0 Å². The van der Waals surface area contributed by atoms with Crippen LogP contribution in [-0.2, 0) is 4.57 Å². The number of aryl methyl sites for hydroxylation is 1. The zero-order valence-electron chi connectivity index (χ0n) is 15.5. The molecule has 0 amide bonds. The number of rotatable bonds is 3. The Labute approximate surface area is 164 Å². The molecule has 0 saturated heterocycles. The molecule has 3 heterocycles. The molecule has 2 unspecified atom stereocenters. The van der Waals surface area contributed by atoms with Crippen LogP contribution in [0.4, 0.5) is 0 Å². The first-order chi connectivity index (χ1) is 13.1. The highest BCUT2D eigenvalue weighted by atomic mass is 32.1. The fraction of sp³-hybridized carbons (Fsp3) is 0.167. The van der Waals surface area contributed by atoms with Crippen molar-refractivity contribution < 1.29 is 4.57 Å². The highest BCUT2D eigenvalue weighted by Gasteiger charge is 2.46. The molecule has 2 aliphatic rings. The third-order valence-corrected chi connectivity index (χ3v) is 10.4. The van der Waals surface area contributed by atoms with Gasteiger partial charge in [-0.2, -0.15) is 0 Å². The fourth-order valence-corrected chi connectivity index (χ4v) is 9.35. The lowest BCUT2D eigenvalue weighted by atomic mass is 10.00. The molecule has 3 heteroatoms. The van der Waals surface area contributed by atoms with Gasteiger partial charge >= 0.3 is 0 Å². The van der Waals surface area contributed by atoms with Crippen LogP contribution in [-0.4, -0.2) is 6.16 Å². The Morgan fingerprint density at radius 2 is 1.44 bits per heavy atom. The summed E-state index contributed by atoms with van der Waals surface area (Å²) in [5.41, 5.74) is 4.90. The average Bonchev–Trinajstić information content (AvgIpc) is 3.31. The van der Waals surface area contributed by atoms with Crippen LogP contribution in [0.15, 0.2) is 72.8 Å². The molecular weight excluding hydrogens is 367 g/mol. The maximum Gasteiger partial charge on any atom is 0.145 e. The van der Waals surface area contributed by atoms with E-state index in [1.54, 1.807) is 11.3 Å². The second-order valence-corrected chi connectivity index (χ2v) is 11.4.